The Balaban J connectivity index is 1.94. The summed E-state index contributed by atoms with van der Waals surface area (Å²) in [6.45, 7) is 11.6. The van der Waals surface area contributed by atoms with Crippen molar-refractivity contribution in [1.29, 1.82) is 0 Å². The highest BCUT2D eigenvalue weighted by atomic mass is 35.5. The van der Waals surface area contributed by atoms with Gasteiger partial charge in [0.05, 0.1) is 0 Å². The highest BCUT2D eigenvalue weighted by molar-refractivity contribution is 6.30. The average Bonchev–Trinajstić information content (AvgIpc) is 2.78. The lowest BCUT2D eigenvalue weighted by Gasteiger charge is -2.24. The zero-order valence-corrected chi connectivity index (χ0v) is 14.4. The first-order valence-corrected chi connectivity index (χ1v) is 8.59. The lowest BCUT2D eigenvalue weighted by Crippen LogP contribution is -2.29. The molecule has 0 bridgehead atoms. The van der Waals surface area contributed by atoms with Gasteiger partial charge in [-0.05, 0) is 62.0 Å². The third-order valence-corrected chi connectivity index (χ3v) is 4.62. The van der Waals surface area contributed by atoms with E-state index in [1.807, 2.05) is 6.07 Å². The summed E-state index contributed by atoms with van der Waals surface area (Å²) in [5.41, 5.74) is 1.80. The molecule has 1 N–H and O–H groups in total. The van der Waals surface area contributed by atoms with E-state index in [1.54, 1.807) is 0 Å². The summed E-state index contributed by atoms with van der Waals surface area (Å²) >= 11 is 6.15. The number of rotatable bonds is 7. The van der Waals surface area contributed by atoms with Crippen LogP contribution in [0, 0.1) is 5.41 Å². The molecule has 0 aromatic heterocycles. The Bertz CT molecular complexity index is 445. The number of hydrogen-bond acceptors (Lipinski definition) is 2. The van der Waals surface area contributed by atoms with Crippen LogP contribution in [0.1, 0.15) is 51.6 Å². The van der Waals surface area contributed by atoms with E-state index in [4.69, 9.17) is 11.6 Å². The Hall–Kier alpha value is -0.570. The fourth-order valence-corrected chi connectivity index (χ4v) is 3.35. The van der Waals surface area contributed by atoms with E-state index in [1.165, 1.54) is 25.1 Å². The molecule has 3 heteroatoms. The topological polar surface area (TPSA) is 15.3 Å². The van der Waals surface area contributed by atoms with Crippen molar-refractivity contribution in [3.8, 4) is 0 Å². The van der Waals surface area contributed by atoms with Crippen LogP contribution in [0.2, 0.25) is 5.02 Å². The first-order valence-electron chi connectivity index (χ1n) is 8.21. The molecule has 0 radical (unpaired) electrons. The molecule has 1 aliphatic heterocycles. The van der Waals surface area contributed by atoms with Gasteiger partial charge >= 0.3 is 0 Å². The fraction of sp³-hybridized carbons (Fsp3) is 0.667. The van der Waals surface area contributed by atoms with Gasteiger partial charge in [-0.1, -0.05) is 44.5 Å². The molecule has 1 aliphatic rings. The van der Waals surface area contributed by atoms with E-state index in [9.17, 15) is 0 Å². The molecule has 1 unspecified atom stereocenters. The van der Waals surface area contributed by atoms with Crippen LogP contribution in [0.5, 0.6) is 0 Å². The van der Waals surface area contributed by atoms with Gasteiger partial charge in [0, 0.05) is 17.6 Å². The third-order valence-electron chi connectivity index (χ3n) is 4.38. The van der Waals surface area contributed by atoms with E-state index < -0.39 is 0 Å². The minimum absolute atomic E-state index is 0.410. The van der Waals surface area contributed by atoms with Gasteiger partial charge in [-0.15, -0.1) is 0 Å². The van der Waals surface area contributed by atoms with Crippen LogP contribution >= 0.6 is 11.6 Å². The maximum Gasteiger partial charge on any atom is 0.0409 e. The number of nitrogens with zero attached hydrogens (tertiary/aromatic N) is 1. The maximum absolute atomic E-state index is 6.15. The molecule has 21 heavy (non-hydrogen) atoms. The second-order valence-corrected chi connectivity index (χ2v) is 7.48. The van der Waals surface area contributed by atoms with Crippen molar-refractivity contribution in [3.05, 3.63) is 34.9 Å². The zero-order chi connectivity index (χ0) is 15.3. The van der Waals surface area contributed by atoms with Crippen LogP contribution in [0.15, 0.2) is 24.3 Å². The zero-order valence-electron chi connectivity index (χ0n) is 13.7. The van der Waals surface area contributed by atoms with Crippen molar-refractivity contribution in [2.75, 3.05) is 26.2 Å². The smallest absolute Gasteiger partial charge is 0.0409 e. The average molecular weight is 309 g/mol. The number of halogens is 1. The molecule has 0 saturated carbocycles. The molecule has 1 aromatic carbocycles. The van der Waals surface area contributed by atoms with Gasteiger partial charge in [0.15, 0.2) is 0 Å². The van der Waals surface area contributed by atoms with Gasteiger partial charge in [0.1, 0.15) is 0 Å². The van der Waals surface area contributed by atoms with Crippen LogP contribution in [-0.4, -0.2) is 31.1 Å². The summed E-state index contributed by atoms with van der Waals surface area (Å²) in [7, 11) is 0. The monoisotopic (exact) mass is 308 g/mol. The van der Waals surface area contributed by atoms with Gasteiger partial charge in [-0.25, -0.2) is 0 Å². The number of likely N-dealkylation sites (tertiary alicyclic amines) is 1. The van der Waals surface area contributed by atoms with Crippen LogP contribution in [0.25, 0.3) is 0 Å². The van der Waals surface area contributed by atoms with Crippen molar-refractivity contribution in [3.63, 3.8) is 0 Å². The van der Waals surface area contributed by atoms with Crippen LogP contribution in [0.3, 0.4) is 0 Å². The molecule has 1 saturated heterocycles. The Morgan fingerprint density at radius 3 is 2.81 bits per heavy atom. The van der Waals surface area contributed by atoms with Gasteiger partial charge in [0.25, 0.3) is 0 Å². The largest absolute Gasteiger partial charge is 0.310 e. The van der Waals surface area contributed by atoms with E-state index in [0.29, 0.717) is 11.5 Å². The van der Waals surface area contributed by atoms with Crippen LogP contribution in [0.4, 0.5) is 0 Å². The Kier molecular flexibility index (Phi) is 6.09. The molecular weight excluding hydrogens is 280 g/mol. The predicted octanol–water partition coefficient (Wildman–Crippen LogP) is 4.50. The molecule has 0 aliphatic carbocycles. The summed E-state index contributed by atoms with van der Waals surface area (Å²) in [5, 5.41) is 4.50. The molecule has 2 rings (SSSR count). The summed E-state index contributed by atoms with van der Waals surface area (Å²) in [4.78, 5) is 2.60. The van der Waals surface area contributed by atoms with E-state index in [2.05, 4.69) is 49.2 Å². The lowest BCUT2D eigenvalue weighted by molar-refractivity contribution is 0.274. The number of benzene rings is 1. The molecule has 1 heterocycles. The SMILES string of the molecule is CCCNC(CCN1CCC(C)(C)C1)c1cccc(Cl)c1. The minimum atomic E-state index is 0.410. The van der Waals surface area contributed by atoms with Gasteiger partial charge < -0.3 is 10.2 Å². The van der Waals surface area contributed by atoms with Gasteiger partial charge in [-0.2, -0.15) is 0 Å². The highest BCUT2D eigenvalue weighted by Crippen LogP contribution is 2.29. The molecule has 118 valence electrons. The Morgan fingerprint density at radius 1 is 1.38 bits per heavy atom. The molecule has 2 nitrogen and oxygen atoms in total. The van der Waals surface area contributed by atoms with E-state index >= 15 is 0 Å². The Morgan fingerprint density at radius 2 is 2.19 bits per heavy atom. The second-order valence-electron chi connectivity index (χ2n) is 7.04. The quantitative estimate of drug-likeness (QED) is 0.797. The first kappa shape index (κ1) is 16.8. The van der Waals surface area contributed by atoms with Crippen LogP contribution in [-0.2, 0) is 0 Å². The fourth-order valence-electron chi connectivity index (χ4n) is 3.16. The summed E-state index contributed by atoms with van der Waals surface area (Å²) in [6.07, 6.45) is 3.63. The van der Waals surface area contributed by atoms with Crippen molar-refractivity contribution < 1.29 is 0 Å². The minimum Gasteiger partial charge on any atom is -0.310 e. The molecule has 1 aromatic rings. The highest BCUT2D eigenvalue weighted by Gasteiger charge is 2.29. The number of nitrogens with one attached hydrogen (secondary N) is 1. The molecule has 0 spiro atoms. The lowest BCUT2D eigenvalue weighted by atomic mass is 9.93. The summed E-state index contributed by atoms with van der Waals surface area (Å²) in [5.74, 6) is 0. The summed E-state index contributed by atoms with van der Waals surface area (Å²) < 4.78 is 0. The second kappa shape index (κ2) is 7.62. The predicted molar refractivity (Wildman–Crippen MR) is 91.9 cm³/mol. The van der Waals surface area contributed by atoms with Gasteiger partial charge in [0.2, 0.25) is 0 Å². The number of hydrogen-bond donors (Lipinski definition) is 1. The van der Waals surface area contributed by atoms with Gasteiger partial charge in [-0.3, -0.25) is 0 Å². The van der Waals surface area contributed by atoms with Crippen LogP contribution < -0.4 is 5.32 Å². The first-order chi connectivity index (χ1) is 10.00. The molecule has 1 atom stereocenters. The van der Waals surface area contributed by atoms with E-state index in [0.717, 1.165) is 31.0 Å². The van der Waals surface area contributed by atoms with Crippen molar-refractivity contribution in [2.24, 2.45) is 5.41 Å². The van der Waals surface area contributed by atoms with Crippen molar-refractivity contribution >= 4 is 11.6 Å². The summed E-state index contributed by atoms with van der Waals surface area (Å²) in [6, 6.07) is 8.70. The Labute approximate surface area is 134 Å². The molecular formula is C18H29ClN2. The van der Waals surface area contributed by atoms with Crippen molar-refractivity contribution in [2.45, 2.75) is 46.1 Å². The normalized spacial score (nSPS) is 19.8. The maximum atomic E-state index is 6.15. The standard InChI is InChI=1S/C18H29ClN2/c1-4-10-20-17(15-6-5-7-16(19)13-15)8-11-21-12-9-18(2,3)14-21/h5-7,13,17,20H,4,8-12,14H2,1-3H3. The molecule has 1 fully saturated rings. The van der Waals surface area contributed by atoms with Crippen molar-refractivity contribution in [1.82, 2.24) is 10.2 Å². The molecule has 0 amide bonds. The van der Waals surface area contributed by atoms with E-state index in [-0.39, 0.29) is 0 Å². The third kappa shape index (κ3) is 5.28.